The Labute approximate surface area is 98.6 Å². The molecule has 3 heteroatoms. The van der Waals surface area contributed by atoms with Crippen LogP contribution in [0.15, 0.2) is 29.2 Å². The summed E-state index contributed by atoms with van der Waals surface area (Å²) < 4.78 is 22.7. The number of benzene rings is 1. The van der Waals surface area contributed by atoms with Gasteiger partial charge in [0, 0.05) is 6.26 Å². The fourth-order valence-corrected chi connectivity index (χ4v) is 2.39. The molecule has 0 spiro atoms. The second-order valence-electron chi connectivity index (χ2n) is 4.56. The maximum absolute atomic E-state index is 11.3. The van der Waals surface area contributed by atoms with E-state index in [-0.39, 0.29) is 5.41 Å². The van der Waals surface area contributed by atoms with Crippen molar-refractivity contribution >= 4 is 9.84 Å². The van der Waals surface area contributed by atoms with Gasteiger partial charge >= 0.3 is 0 Å². The molecule has 1 aromatic rings. The maximum atomic E-state index is 11.3. The summed E-state index contributed by atoms with van der Waals surface area (Å²) in [5.74, 6) is 0. The predicted molar refractivity (Wildman–Crippen MR) is 67.5 cm³/mol. The van der Waals surface area contributed by atoms with Gasteiger partial charge in [0.1, 0.15) is 0 Å². The zero-order chi connectivity index (χ0) is 12.4. The van der Waals surface area contributed by atoms with E-state index in [0.717, 1.165) is 12.8 Å². The Balaban J connectivity index is 3.13. The summed E-state index contributed by atoms with van der Waals surface area (Å²) in [6.45, 7) is 6.53. The van der Waals surface area contributed by atoms with Crippen molar-refractivity contribution in [2.24, 2.45) is 0 Å². The zero-order valence-electron chi connectivity index (χ0n) is 10.4. The molecule has 0 aliphatic carbocycles. The molecule has 1 aromatic carbocycles. The second-order valence-corrected chi connectivity index (χ2v) is 6.58. The average Bonchev–Trinajstić information content (AvgIpc) is 2.27. The van der Waals surface area contributed by atoms with Crippen molar-refractivity contribution in [3.8, 4) is 0 Å². The molecule has 0 saturated carbocycles. The molecule has 0 bridgehead atoms. The van der Waals surface area contributed by atoms with Crippen LogP contribution in [0.3, 0.4) is 0 Å². The molecule has 0 aliphatic heterocycles. The molecule has 0 amide bonds. The highest BCUT2D eigenvalue weighted by Gasteiger charge is 2.22. The van der Waals surface area contributed by atoms with Crippen LogP contribution in [-0.2, 0) is 15.3 Å². The molecule has 0 saturated heterocycles. The molecule has 0 radical (unpaired) electrons. The van der Waals surface area contributed by atoms with Gasteiger partial charge < -0.3 is 0 Å². The van der Waals surface area contributed by atoms with Crippen molar-refractivity contribution in [2.75, 3.05) is 6.26 Å². The van der Waals surface area contributed by atoms with E-state index < -0.39 is 9.84 Å². The molecule has 0 aromatic heterocycles. The van der Waals surface area contributed by atoms with Crippen LogP contribution in [0, 0.1) is 0 Å². The topological polar surface area (TPSA) is 34.1 Å². The first-order valence-corrected chi connectivity index (χ1v) is 7.53. The van der Waals surface area contributed by atoms with Gasteiger partial charge in [0.25, 0.3) is 0 Å². The molecule has 1 rings (SSSR count). The van der Waals surface area contributed by atoms with Crippen molar-refractivity contribution in [1.82, 2.24) is 0 Å². The largest absolute Gasteiger partial charge is 0.224 e. The monoisotopic (exact) mass is 240 g/mol. The molecule has 0 fully saturated rings. The van der Waals surface area contributed by atoms with Gasteiger partial charge in [-0.1, -0.05) is 32.9 Å². The normalized spacial score (nSPS) is 12.8. The lowest BCUT2D eigenvalue weighted by Gasteiger charge is -2.27. The van der Waals surface area contributed by atoms with Crippen LogP contribution >= 0.6 is 0 Å². The van der Waals surface area contributed by atoms with Gasteiger partial charge in [-0.15, -0.1) is 0 Å². The van der Waals surface area contributed by atoms with E-state index in [2.05, 4.69) is 20.8 Å². The Morgan fingerprint density at radius 2 is 1.50 bits per heavy atom. The van der Waals surface area contributed by atoms with Gasteiger partial charge in [0.15, 0.2) is 9.84 Å². The van der Waals surface area contributed by atoms with Gasteiger partial charge in [0.05, 0.1) is 4.90 Å². The molecule has 0 N–H and O–H groups in total. The van der Waals surface area contributed by atoms with Crippen LogP contribution in [0.5, 0.6) is 0 Å². The number of hydrogen-bond donors (Lipinski definition) is 0. The third-order valence-corrected chi connectivity index (χ3v) is 4.67. The highest BCUT2D eigenvalue weighted by Crippen LogP contribution is 2.31. The quantitative estimate of drug-likeness (QED) is 0.810. The van der Waals surface area contributed by atoms with Crippen LogP contribution in [0.1, 0.15) is 39.2 Å². The highest BCUT2D eigenvalue weighted by molar-refractivity contribution is 7.90. The lowest BCUT2D eigenvalue weighted by Crippen LogP contribution is -2.19. The first-order chi connectivity index (χ1) is 7.33. The Hall–Kier alpha value is -0.830. The Morgan fingerprint density at radius 3 is 1.81 bits per heavy atom. The highest BCUT2D eigenvalue weighted by atomic mass is 32.2. The number of rotatable bonds is 4. The lowest BCUT2D eigenvalue weighted by atomic mass is 9.78. The van der Waals surface area contributed by atoms with Gasteiger partial charge in [-0.25, -0.2) is 8.42 Å². The van der Waals surface area contributed by atoms with Crippen LogP contribution in [-0.4, -0.2) is 14.7 Å². The molecular weight excluding hydrogens is 220 g/mol. The van der Waals surface area contributed by atoms with Crippen LogP contribution < -0.4 is 0 Å². The van der Waals surface area contributed by atoms with Crippen LogP contribution in [0.2, 0.25) is 0 Å². The number of sulfone groups is 1. The Bertz CT molecular complexity index is 439. The van der Waals surface area contributed by atoms with Crippen molar-refractivity contribution in [3.05, 3.63) is 29.8 Å². The first kappa shape index (κ1) is 13.2. The lowest BCUT2D eigenvalue weighted by molar-refractivity contribution is 0.438. The fraction of sp³-hybridized carbons (Fsp3) is 0.538. The van der Waals surface area contributed by atoms with Gasteiger partial charge in [-0.05, 0) is 36.0 Å². The van der Waals surface area contributed by atoms with E-state index in [9.17, 15) is 8.42 Å². The second kappa shape index (κ2) is 4.58. The van der Waals surface area contributed by atoms with Crippen molar-refractivity contribution in [2.45, 2.75) is 43.9 Å². The third kappa shape index (κ3) is 2.64. The van der Waals surface area contributed by atoms with Crippen molar-refractivity contribution < 1.29 is 8.42 Å². The smallest absolute Gasteiger partial charge is 0.175 e. The summed E-state index contributed by atoms with van der Waals surface area (Å²) in [6.07, 6.45) is 3.35. The van der Waals surface area contributed by atoms with E-state index >= 15 is 0 Å². The molecular formula is C13H20O2S. The van der Waals surface area contributed by atoms with Gasteiger partial charge in [-0.2, -0.15) is 0 Å². The number of hydrogen-bond acceptors (Lipinski definition) is 2. The van der Waals surface area contributed by atoms with Crippen LogP contribution in [0.4, 0.5) is 0 Å². The molecule has 0 heterocycles. The Morgan fingerprint density at radius 1 is 1.06 bits per heavy atom. The van der Waals surface area contributed by atoms with E-state index in [1.165, 1.54) is 11.8 Å². The fourth-order valence-electron chi connectivity index (χ4n) is 1.76. The first-order valence-electron chi connectivity index (χ1n) is 5.64. The summed E-state index contributed by atoms with van der Waals surface area (Å²) in [5, 5.41) is 0. The standard InChI is InChI=1S/C13H20O2S/c1-5-13(3,6-2)11-7-9-12(10-8-11)16(4,14)15/h7-10H,5-6H2,1-4H3. The SMILES string of the molecule is CCC(C)(CC)c1ccc(S(C)(=O)=O)cc1. The third-order valence-electron chi connectivity index (χ3n) is 3.54. The van der Waals surface area contributed by atoms with Gasteiger partial charge in [-0.3, -0.25) is 0 Å². The molecule has 0 aliphatic rings. The average molecular weight is 240 g/mol. The summed E-state index contributed by atoms with van der Waals surface area (Å²) >= 11 is 0. The molecule has 0 atom stereocenters. The summed E-state index contributed by atoms with van der Waals surface area (Å²) in [6, 6.07) is 7.27. The minimum Gasteiger partial charge on any atom is -0.224 e. The van der Waals surface area contributed by atoms with E-state index in [4.69, 9.17) is 0 Å². The van der Waals surface area contributed by atoms with E-state index in [1.54, 1.807) is 12.1 Å². The molecule has 16 heavy (non-hydrogen) atoms. The molecule has 2 nitrogen and oxygen atoms in total. The summed E-state index contributed by atoms with van der Waals surface area (Å²) in [4.78, 5) is 0.394. The van der Waals surface area contributed by atoms with Gasteiger partial charge in [0.2, 0.25) is 0 Å². The maximum Gasteiger partial charge on any atom is 0.175 e. The molecule has 90 valence electrons. The van der Waals surface area contributed by atoms with Crippen molar-refractivity contribution in [3.63, 3.8) is 0 Å². The predicted octanol–water partition coefficient (Wildman–Crippen LogP) is 3.17. The van der Waals surface area contributed by atoms with Crippen molar-refractivity contribution in [1.29, 1.82) is 0 Å². The van der Waals surface area contributed by atoms with E-state index in [1.807, 2.05) is 12.1 Å². The van der Waals surface area contributed by atoms with E-state index in [0.29, 0.717) is 4.90 Å². The Kier molecular flexibility index (Phi) is 3.79. The summed E-state index contributed by atoms with van der Waals surface area (Å²) in [5.41, 5.74) is 1.36. The summed E-state index contributed by atoms with van der Waals surface area (Å²) in [7, 11) is -3.08. The minimum absolute atomic E-state index is 0.149. The minimum atomic E-state index is -3.08. The molecule has 0 unspecified atom stereocenters. The zero-order valence-corrected chi connectivity index (χ0v) is 11.3. The van der Waals surface area contributed by atoms with Crippen LogP contribution in [0.25, 0.3) is 0 Å².